The van der Waals surface area contributed by atoms with Gasteiger partial charge in [0.1, 0.15) is 11.4 Å². The molecule has 3 heterocycles. The van der Waals surface area contributed by atoms with E-state index in [0.29, 0.717) is 31.2 Å². The van der Waals surface area contributed by atoms with Crippen molar-refractivity contribution in [3.8, 4) is 5.75 Å². The van der Waals surface area contributed by atoms with Crippen molar-refractivity contribution in [1.29, 1.82) is 0 Å². The predicted molar refractivity (Wildman–Crippen MR) is 118 cm³/mol. The molecular weight excluding hydrogens is 416 g/mol. The quantitative estimate of drug-likeness (QED) is 0.611. The molecule has 1 aliphatic heterocycles. The van der Waals surface area contributed by atoms with Crippen molar-refractivity contribution in [2.45, 2.75) is 19.3 Å². The summed E-state index contributed by atoms with van der Waals surface area (Å²) in [6.45, 7) is 3.76. The van der Waals surface area contributed by atoms with Gasteiger partial charge in [-0.25, -0.2) is 4.98 Å². The van der Waals surface area contributed by atoms with Gasteiger partial charge < -0.3 is 18.9 Å². The lowest BCUT2D eigenvalue weighted by Gasteiger charge is -2.35. The highest BCUT2D eigenvalue weighted by Crippen LogP contribution is 2.35. The fraction of sp³-hybridized carbons (Fsp3) is 0.348. The SMILES string of the molecule is COc1ccccc1C(CC(=O)N1CCN(C(C)=O)CC1)c1cnc2ccc(Cl)cn12. The molecule has 1 unspecified atom stereocenters. The summed E-state index contributed by atoms with van der Waals surface area (Å²) < 4.78 is 7.53. The van der Waals surface area contributed by atoms with Crippen molar-refractivity contribution in [2.75, 3.05) is 33.3 Å². The smallest absolute Gasteiger partial charge is 0.223 e. The first kappa shape index (κ1) is 21.2. The van der Waals surface area contributed by atoms with E-state index < -0.39 is 0 Å². The maximum atomic E-state index is 13.3. The number of rotatable bonds is 5. The molecule has 162 valence electrons. The van der Waals surface area contributed by atoms with E-state index in [2.05, 4.69) is 4.98 Å². The van der Waals surface area contributed by atoms with Crippen molar-refractivity contribution in [3.63, 3.8) is 0 Å². The zero-order valence-corrected chi connectivity index (χ0v) is 18.4. The third-order valence-electron chi connectivity index (χ3n) is 5.83. The van der Waals surface area contributed by atoms with Crippen molar-refractivity contribution in [2.24, 2.45) is 0 Å². The van der Waals surface area contributed by atoms with Crippen LogP contribution < -0.4 is 4.74 Å². The summed E-state index contributed by atoms with van der Waals surface area (Å²) >= 11 is 6.24. The Morgan fingerprint density at radius 1 is 1.10 bits per heavy atom. The number of pyridine rings is 1. The molecule has 7 nitrogen and oxygen atoms in total. The number of piperazine rings is 1. The van der Waals surface area contributed by atoms with E-state index in [1.54, 1.807) is 31.2 Å². The Kier molecular flexibility index (Phi) is 6.13. The molecule has 1 aliphatic rings. The Morgan fingerprint density at radius 2 is 1.81 bits per heavy atom. The van der Waals surface area contributed by atoms with E-state index >= 15 is 0 Å². The summed E-state index contributed by atoms with van der Waals surface area (Å²) in [6.07, 6.45) is 3.88. The Balaban J connectivity index is 1.67. The summed E-state index contributed by atoms with van der Waals surface area (Å²) in [7, 11) is 1.63. The van der Waals surface area contributed by atoms with Crippen molar-refractivity contribution in [1.82, 2.24) is 19.2 Å². The van der Waals surface area contributed by atoms with Crippen LogP contribution in [0.25, 0.3) is 5.65 Å². The first-order valence-corrected chi connectivity index (χ1v) is 10.6. The predicted octanol–water partition coefficient (Wildman–Crippen LogP) is 3.21. The molecule has 0 saturated carbocycles. The van der Waals surface area contributed by atoms with Gasteiger partial charge in [-0.05, 0) is 18.2 Å². The van der Waals surface area contributed by atoms with E-state index in [4.69, 9.17) is 16.3 Å². The zero-order chi connectivity index (χ0) is 22.0. The Morgan fingerprint density at radius 3 is 2.52 bits per heavy atom. The molecular formula is C23H25ClN4O3. The van der Waals surface area contributed by atoms with Gasteiger partial charge in [-0.2, -0.15) is 0 Å². The van der Waals surface area contributed by atoms with Crippen LogP contribution in [0.1, 0.15) is 30.5 Å². The monoisotopic (exact) mass is 440 g/mol. The number of carbonyl (C=O) groups is 2. The first-order chi connectivity index (χ1) is 15.0. The molecule has 8 heteroatoms. The minimum atomic E-state index is -0.261. The molecule has 1 saturated heterocycles. The van der Waals surface area contributed by atoms with Crippen LogP contribution in [-0.4, -0.2) is 64.3 Å². The zero-order valence-electron chi connectivity index (χ0n) is 17.6. The number of para-hydroxylation sites is 1. The first-order valence-electron chi connectivity index (χ1n) is 10.3. The molecule has 0 spiro atoms. The number of hydrogen-bond acceptors (Lipinski definition) is 4. The summed E-state index contributed by atoms with van der Waals surface area (Å²) in [5.41, 5.74) is 2.56. The summed E-state index contributed by atoms with van der Waals surface area (Å²) in [6, 6.07) is 11.4. The van der Waals surface area contributed by atoms with E-state index in [9.17, 15) is 9.59 Å². The number of amides is 2. The summed E-state index contributed by atoms with van der Waals surface area (Å²) in [5, 5.41) is 0.595. The highest BCUT2D eigenvalue weighted by molar-refractivity contribution is 6.30. The van der Waals surface area contributed by atoms with Crippen LogP contribution in [0.4, 0.5) is 0 Å². The van der Waals surface area contributed by atoms with Gasteiger partial charge in [0.2, 0.25) is 11.8 Å². The van der Waals surface area contributed by atoms with Crippen LogP contribution in [-0.2, 0) is 9.59 Å². The molecule has 0 radical (unpaired) electrons. The number of benzene rings is 1. The molecule has 31 heavy (non-hydrogen) atoms. The maximum absolute atomic E-state index is 13.3. The number of carbonyl (C=O) groups excluding carboxylic acids is 2. The largest absolute Gasteiger partial charge is 0.496 e. The Labute approximate surface area is 186 Å². The average Bonchev–Trinajstić information content (AvgIpc) is 3.20. The van der Waals surface area contributed by atoms with Crippen molar-refractivity contribution < 1.29 is 14.3 Å². The molecule has 4 rings (SSSR count). The van der Waals surface area contributed by atoms with E-state index in [1.807, 2.05) is 45.8 Å². The molecule has 0 bridgehead atoms. The minimum Gasteiger partial charge on any atom is -0.496 e. The van der Waals surface area contributed by atoms with Crippen LogP contribution in [0.2, 0.25) is 5.02 Å². The van der Waals surface area contributed by atoms with Gasteiger partial charge in [-0.15, -0.1) is 0 Å². The van der Waals surface area contributed by atoms with Crippen LogP contribution in [0, 0.1) is 0 Å². The number of methoxy groups -OCH3 is 1. The molecule has 0 N–H and O–H groups in total. The van der Waals surface area contributed by atoms with Gasteiger partial charge in [0, 0.05) is 63.4 Å². The van der Waals surface area contributed by atoms with Gasteiger partial charge in [-0.1, -0.05) is 29.8 Å². The summed E-state index contributed by atoms with van der Waals surface area (Å²) in [5.74, 6) is 0.541. The Bertz CT molecular complexity index is 1110. The molecule has 2 aromatic heterocycles. The lowest BCUT2D eigenvalue weighted by molar-refractivity contribution is -0.138. The highest BCUT2D eigenvalue weighted by atomic mass is 35.5. The van der Waals surface area contributed by atoms with Gasteiger partial charge in [-0.3, -0.25) is 9.59 Å². The number of fused-ring (bicyclic) bond motifs is 1. The van der Waals surface area contributed by atoms with E-state index in [0.717, 1.165) is 22.7 Å². The number of aromatic nitrogens is 2. The van der Waals surface area contributed by atoms with Gasteiger partial charge >= 0.3 is 0 Å². The molecule has 2 amide bonds. The van der Waals surface area contributed by atoms with E-state index in [1.165, 1.54) is 0 Å². The Hall–Kier alpha value is -3.06. The van der Waals surface area contributed by atoms with Crippen LogP contribution in [0.3, 0.4) is 0 Å². The normalized spacial score (nSPS) is 15.2. The van der Waals surface area contributed by atoms with Crippen LogP contribution in [0.15, 0.2) is 48.8 Å². The second-order valence-electron chi connectivity index (χ2n) is 7.64. The van der Waals surface area contributed by atoms with Gasteiger partial charge in [0.15, 0.2) is 0 Å². The minimum absolute atomic E-state index is 0.0380. The number of ether oxygens (including phenoxy) is 1. The fourth-order valence-corrected chi connectivity index (χ4v) is 4.29. The maximum Gasteiger partial charge on any atom is 0.223 e. The third kappa shape index (κ3) is 4.37. The van der Waals surface area contributed by atoms with E-state index in [-0.39, 0.29) is 24.2 Å². The average molecular weight is 441 g/mol. The van der Waals surface area contributed by atoms with Gasteiger partial charge in [0.05, 0.1) is 17.8 Å². The number of nitrogens with zero attached hydrogens (tertiary/aromatic N) is 4. The third-order valence-corrected chi connectivity index (χ3v) is 6.05. The second kappa shape index (κ2) is 8.98. The van der Waals surface area contributed by atoms with Crippen LogP contribution >= 0.6 is 11.6 Å². The molecule has 1 atom stereocenters. The highest BCUT2D eigenvalue weighted by Gasteiger charge is 2.29. The number of hydrogen-bond donors (Lipinski definition) is 0. The van der Waals surface area contributed by atoms with Crippen molar-refractivity contribution in [3.05, 3.63) is 65.1 Å². The molecule has 0 aliphatic carbocycles. The number of imidazole rings is 1. The van der Waals surface area contributed by atoms with Crippen molar-refractivity contribution >= 4 is 29.1 Å². The van der Waals surface area contributed by atoms with Gasteiger partial charge in [0.25, 0.3) is 0 Å². The summed E-state index contributed by atoms with van der Waals surface area (Å²) in [4.78, 5) is 33.0. The fourth-order valence-electron chi connectivity index (χ4n) is 4.13. The topological polar surface area (TPSA) is 67.2 Å². The number of halogens is 1. The lowest BCUT2D eigenvalue weighted by Crippen LogP contribution is -2.50. The van der Waals surface area contributed by atoms with Crippen LogP contribution in [0.5, 0.6) is 5.75 Å². The molecule has 1 fully saturated rings. The second-order valence-corrected chi connectivity index (χ2v) is 8.08. The molecule has 1 aromatic carbocycles. The molecule has 3 aromatic rings. The lowest BCUT2D eigenvalue weighted by atomic mass is 9.91. The standard InChI is InChI=1S/C23H25ClN4O3/c1-16(29)26-9-11-27(12-10-26)23(30)13-19(18-5-3-4-6-21(18)31-2)20-14-25-22-8-7-17(24)15-28(20)22/h3-8,14-15,19H,9-13H2,1-2H3.